The number of carbonyl (C=O) groups is 4. The van der Waals surface area contributed by atoms with Gasteiger partial charge in [-0.15, -0.1) is 0 Å². The van der Waals surface area contributed by atoms with Crippen LogP contribution >= 0.6 is 23.2 Å². The molecule has 0 aromatic heterocycles. The van der Waals surface area contributed by atoms with Crippen molar-refractivity contribution in [3.8, 4) is 5.75 Å². The number of imide groups is 2. The van der Waals surface area contributed by atoms with E-state index in [0.717, 1.165) is 4.90 Å². The van der Waals surface area contributed by atoms with Gasteiger partial charge in [-0.25, -0.2) is 9.69 Å². The Morgan fingerprint density at radius 3 is 2.43 bits per heavy atom. The maximum atomic E-state index is 13.1. The Balaban J connectivity index is 1.59. The van der Waals surface area contributed by atoms with Crippen LogP contribution in [0.5, 0.6) is 5.75 Å². The highest BCUT2D eigenvalue weighted by Crippen LogP contribution is 2.28. The zero-order chi connectivity index (χ0) is 24.9. The molecule has 0 saturated carbocycles. The van der Waals surface area contributed by atoms with Crippen molar-refractivity contribution in [1.82, 2.24) is 5.32 Å². The van der Waals surface area contributed by atoms with Gasteiger partial charge in [0.15, 0.2) is 6.61 Å². The van der Waals surface area contributed by atoms with E-state index >= 15 is 0 Å². The molecule has 1 aliphatic rings. The minimum absolute atomic E-state index is 0.193. The van der Waals surface area contributed by atoms with Gasteiger partial charge >= 0.3 is 6.03 Å². The second kappa shape index (κ2) is 10.4. The van der Waals surface area contributed by atoms with Crippen molar-refractivity contribution in [3.05, 3.63) is 94.0 Å². The molecule has 4 rings (SSSR count). The first-order chi connectivity index (χ1) is 16.8. The van der Waals surface area contributed by atoms with Gasteiger partial charge in [0.25, 0.3) is 17.7 Å². The van der Waals surface area contributed by atoms with Crippen LogP contribution in [0, 0.1) is 0 Å². The third-order valence-corrected chi connectivity index (χ3v) is 5.33. The van der Waals surface area contributed by atoms with E-state index in [9.17, 15) is 19.2 Å². The summed E-state index contributed by atoms with van der Waals surface area (Å²) in [5.41, 5.74) is 0.739. The Morgan fingerprint density at radius 2 is 1.69 bits per heavy atom. The van der Waals surface area contributed by atoms with E-state index in [1.807, 2.05) is 6.07 Å². The predicted octanol–water partition coefficient (Wildman–Crippen LogP) is 4.68. The molecule has 0 radical (unpaired) electrons. The van der Waals surface area contributed by atoms with E-state index in [4.69, 9.17) is 27.9 Å². The number of anilines is 2. The topological polar surface area (TPSA) is 105 Å². The lowest BCUT2D eigenvalue weighted by Gasteiger charge is -2.26. The fourth-order valence-electron chi connectivity index (χ4n) is 3.29. The molecule has 0 spiro atoms. The summed E-state index contributed by atoms with van der Waals surface area (Å²) < 4.78 is 5.63. The van der Waals surface area contributed by atoms with Gasteiger partial charge < -0.3 is 10.1 Å². The maximum Gasteiger partial charge on any atom is 0.335 e. The summed E-state index contributed by atoms with van der Waals surface area (Å²) in [5, 5.41) is 5.45. The van der Waals surface area contributed by atoms with E-state index < -0.39 is 23.8 Å². The van der Waals surface area contributed by atoms with Gasteiger partial charge in [0.05, 0.1) is 5.69 Å². The second-order valence-electron chi connectivity index (χ2n) is 7.32. The second-order valence-corrected chi connectivity index (χ2v) is 8.20. The smallest absolute Gasteiger partial charge is 0.335 e. The number of nitrogens with one attached hydrogen (secondary N) is 2. The van der Waals surface area contributed by atoms with Gasteiger partial charge in [0.1, 0.15) is 11.3 Å². The average molecular weight is 510 g/mol. The fraction of sp³-hybridized carbons (Fsp3) is 0.0400. The van der Waals surface area contributed by atoms with Gasteiger partial charge in [-0.1, -0.05) is 47.5 Å². The molecule has 176 valence electrons. The summed E-state index contributed by atoms with van der Waals surface area (Å²) in [6, 6.07) is 18.6. The highest BCUT2D eigenvalue weighted by molar-refractivity contribution is 6.39. The number of hydrogen-bond donors (Lipinski definition) is 2. The monoisotopic (exact) mass is 509 g/mol. The van der Waals surface area contributed by atoms with E-state index in [0.29, 0.717) is 15.7 Å². The van der Waals surface area contributed by atoms with Crippen LogP contribution in [0.1, 0.15) is 5.56 Å². The molecule has 10 heteroatoms. The SMILES string of the molecule is O=C(COc1ccc(Cl)cc1/C=C1\C(=O)NC(=O)N(c2cccc(Cl)c2)C1=O)Nc1ccccc1. The number of para-hydroxylation sites is 1. The Morgan fingerprint density at radius 1 is 0.943 bits per heavy atom. The average Bonchev–Trinajstić information content (AvgIpc) is 2.82. The van der Waals surface area contributed by atoms with Crippen LogP contribution in [0.15, 0.2) is 78.4 Å². The number of halogens is 2. The summed E-state index contributed by atoms with van der Waals surface area (Å²) in [4.78, 5) is 51.1. The van der Waals surface area contributed by atoms with Crippen molar-refractivity contribution in [3.63, 3.8) is 0 Å². The first-order valence-corrected chi connectivity index (χ1v) is 11.0. The summed E-state index contributed by atoms with van der Waals surface area (Å²) in [6.07, 6.45) is 1.25. The number of hydrogen-bond acceptors (Lipinski definition) is 5. The van der Waals surface area contributed by atoms with Gasteiger partial charge in [-0.05, 0) is 54.6 Å². The van der Waals surface area contributed by atoms with Crippen molar-refractivity contribution in [1.29, 1.82) is 0 Å². The molecular formula is C25H17Cl2N3O5. The lowest BCUT2D eigenvalue weighted by atomic mass is 10.1. The highest BCUT2D eigenvalue weighted by atomic mass is 35.5. The first-order valence-electron chi connectivity index (χ1n) is 10.3. The highest BCUT2D eigenvalue weighted by Gasteiger charge is 2.37. The Hall–Kier alpha value is -4.14. The first kappa shape index (κ1) is 24.0. The molecule has 0 aliphatic carbocycles. The minimum atomic E-state index is -0.903. The third kappa shape index (κ3) is 5.68. The molecular weight excluding hydrogens is 493 g/mol. The van der Waals surface area contributed by atoms with E-state index in [1.54, 1.807) is 42.5 Å². The number of rotatable bonds is 6. The molecule has 1 fully saturated rings. The standard InChI is InChI=1S/C25H17Cl2N3O5/c26-16-5-4-8-19(13-16)30-24(33)20(23(32)29-25(30)34)12-15-11-17(27)9-10-21(15)35-14-22(31)28-18-6-2-1-3-7-18/h1-13H,14H2,(H,28,31)(H,29,32,34)/b20-12+. The molecule has 5 amide bonds. The molecule has 2 N–H and O–H groups in total. The van der Waals surface area contributed by atoms with Crippen molar-refractivity contribution in [2.24, 2.45) is 0 Å². The number of amides is 5. The molecule has 35 heavy (non-hydrogen) atoms. The van der Waals surface area contributed by atoms with Crippen LogP contribution in [-0.2, 0) is 14.4 Å². The van der Waals surface area contributed by atoms with Crippen molar-refractivity contribution >= 4 is 64.4 Å². The van der Waals surface area contributed by atoms with Crippen LogP contribution in [0.4, 0.5) is 16.2 Å². The van der Waals surface area contributed by atoms with Crippen LogP contribution in [-0.4, -0.2) is 30.4 Å². The normalized spacial score (nSPS) is 14.6. The molecule has 0 atom stereocenters. The number of barbiturate groups is 1. The molecule has 1 heterocycles. The number of ether oxygens (including phenoxy) is 1. The van der Waals surface area contributed by atoms with Crippen LogP contribution < -0.4 is 20.3 Å². The van der Waals surface area contributed by atoms with Crippen molar-refractivity contribution < 1.29 is 23.9 Å². The van der Waals surface area contributed by atoms with Gasteiger partial charge in [0, 0.05) is 21.3 Å². The molecule has 1 saturated heterocycles. The Kier molecular flexibility index (Phi) is 7.14. The number of urea groups is 1. The van der Waals surface area contributed by atoms with Crippen LogP contribution in [0.25, 0.3) is 6.08 Å². The van der Waals surface area contributed by atoms with Crippen molar-refractivity contribution in [2.45, 2.75) is 0 Å². The zero-order valence-corrected chi connectivity index (χ0v) is 19.5. The summed E-state index contributed by atoms with van der Waals surface area (Å²) in [6.45, 7) is -0.333. The van der Waals surface area contributed by atoms with Gasteiger partial charge in [-0.2, -0.15) is 0 Å². The number of nitrogens with zero attached hydrogens (tertiary/aromatic N) is 1. The van der Waals surface area contributed by atoms with E-state index in [1.165, 1.54) is 30.3 Å². The molecule has 0 bridgehead atoms. The summed E-state index contributed by atoms with van der Waals surface area (Å²) >= 11 is 12.1. The Bertz CT molecular complexity index is 1360. The van der Waals surface area contributed by atoms with Gasteiger partial charge in [-0.3, -0.25) is 19.7 Å². The Labute approximate surface area is 210 Å². The molecule has 3 aromatic rings. The van der Waals surface area contributed by atoms with Crippen LogP contribution in [0.2, 0.25) is 10.0 Å². The fourth-order valence-corrected chi connectivity index (χ4v) is 3.65. The molecule has 3 aromatic carbocycles. The minimum Gasteiger partial charge on any atom is -0.483 e. The number of benzene rings is 3. The zero-order valence-electron chi connectivity index (χ0n) is 18.0. The predicted molar refractivity (Wildman–Crippen MR) is 132 cm³/mol. The number of carbonyl (C=O) groups excluding carboxylic acids is 4. The van der Waals surface area contributed by atoms with Gasteiger partial charge in [0.2, 0.25) is 0 Å². The lowest BCUT2D eigenvalue weighted by Crippen LogP contribution is -2.54. The van der Waals surface area contributed by atoms with E-state index in [2.05, 4.69) is 10.6 Å². The molecule has 0 unspecified atom stereocenters. The lowest BCUT2D eigenvalue weighted by molar-refractivity contribution is -0.122. The maximum absolute atomic E-state index is 13.1. The van der Waals surface area contributed by atoms with E-state index in [-0.39, 0.29) is 29.2 Å². The van der Waals surface area contributed by atoms with Crippen molar-refractivity contribution in [2.75, 3.05) is 16.8 Å². The summed E-state index contributed by atoms with van der Waals surface area (Å²) in [7, 11) is 0. The molecule has 1 aliphatic heterocycles. The quantitative estimate of drug-likeness (QED) is 0.370. The van der Waals surface area contributed by atoms with Crippen LogP contribution in [0.3, 0.4) is 0 Å². The molecule has 8 nitrogen and oxygen atoms in total. The third-order valence-electron chi connectivity index (χ3n) is 4.86. The summed E-state index contributed by atoms with van der Waals surface area (Å²) in [5.74, 6) is -1.94. The largest absolute Gasteiger partial charge is 0.483 e.